The molecule has 30 heavy (non-hydrogen) atoms. The number of carbonyl (C=O) groups is 1. The van der Waals surface area contributed by atoms with Gasteiger partial charge >= 0.3 is 0 Å². The highest BCUT2D eigenvalue weighted by Crippen LogP contribution is 2.41. The number of halogens is 4. The van der Waals surface area contributed by atoms with Gasteiger partial charge in [0.05, 0.1) is 12.6 Å². The van der Waals surface area contributed by atoms with Crippen molar-refractivity contribution in [3.05, 3.63) is 64.7 Å². The predicted octanol–water partition coefficient (Wildman–Crippen LogP) is 3.37. The summed E-state index contributed by atoms with van der Waals surface area (Å²) in [5, 5.41) is 1.09. The van der Waals surface area contributed by atoms with Crippen molar-refractivity contribution < 1.29 is 27.1 Å². The summed E-state index contributed by atoms with van der Waals surface area (Å²) in [6.45, 7) is 1.57. The number of hydrogen-bond acceptors (Lipinski definition) is 4. The molecule has 10 heteroatoms. The molecule has 1 aliphatic heterocycles. The maximum Gasteiger partial charge on any atom is 0.238 e. The van der Waals surface area contributed by atoms with Gasteiger partial charge in [0.15, 0.2) is 11.6 Å². The summed E-state index contributed by atoms with van der Waals surface area (Å²) >= 11 is 5.18. The smallest absolute Gasteiger partial charge is 0.238 e. The number of nitrogens with two attached hydrogens (primary N) is 1. The number of fused-ring (bicyclic) bond motifs is 1. The lowest BCUT2D eigenvalue weighted by Crippen LogP contribution is -2.51. The van der Waals surface area contributed by atoms with E-state index in [4.69, 9.17) is 22.7 Å². The molecule has 3 N–H and O–H groups in total. The van der Waals surface area contributed by atoms with E-state index in [0.29, 0.717) is 6.42 Å². The van der Waals surface area contributed by atoms with Crippen LogP contribution >= 0.6 is 12.2 Å². The van der Waals surface area contributed by atoms with E-state index < -0.39 is 35.2 Å². The van der Waals surface area contributed by atoms with Crippen LogP contribution in [0.25, 0.3) is 0 Å². The van der Waals surface area contributed by atoms with Crippen LogP contribution < -0.4 is 15.9 Å². The molecule has 2 unspecified atom stereocenters. The Kier molecular flexibility index (Phi) is 6.57. The third kappa shape index (κ3) is 4.39. The zero-order chi connectivity index (χ0) is 22.0. The van der Waals surface area contributed by atoms with Crippen LogP contribution in [0.2, 0.25) is 0 Å². The summed E-state index contributed by atoms with van der Waals surface area (Å²) in [4.78, 5) is 12.2. The van der Waals surface area contributed by atoms with E-state index in [1.165, 1.54) is 6.92 Å². The van der Waals surface area contributed by atoms with Gasteiger partial charge in [0.1, 0.15) is 22.4 Å². The van der Waals surface area contributed by atoms with Gasteiger partial charge in [-0.25, -0.2) is 22.6 Å². The lowest BCUT2D eigenvalue weighted by molar-refractivity contribution is -0.135. The van der Waals surface area contributed by atoms with Crippen molar-refractivity contribution in [2.24, 2.45) is 11.7 Å². The standard InChI is InChI=1S/C20H19F4N3O2S/c1-10(28)27(26-20(30)13-6-12(21)2-3-15(13)22)19-11(4-5-25)9-29-18-8-17(24)16(23)7-14(18)19/h2-3,6-8,11,19H,4-5,9,25H2,1H3,(H,26,30). The fraction of sp³-hybridized carbons (Fsp3) is 0.300. The first kappa shape index (κ1) is 22.0. The average Bonchev–Trinajstić information content (AvgIpc) is 2.69. The number of benzene rings is 2. The van der Waals surface area contributed by atoms with Crippen LogP contribution in [0, 0.1) is 29.2 Å². The number of thiocarbonyl (C=S) groups is 1. The number of amides is 1. The van der Waals surface area contributed by atoms with Crippen LogP contribution in [0.3, 0.4) is 0 Å². The van der Waals surface area contributed by atoms with E-state index in [0.717, 1.165) is 35.3 Å². The SMILES string of the molecule is CC(=O)N(NC(=S)c1cc(F)ccc1F)C1c2cc(F)c(F)cc2OCC1CCN. The monoisotopic (exact) mass is 441 g/mol. The van der Waals surface area contributed by atoms with Crippen molar-refractivity contribution in [1.29, 1.82) is 0 Å². The van der Waals surface area contributed by atoms with Crippen LogP contribution in [0.4, 0.5) is 17.6 Å². The fourth-order valence-corrected chi connectivity index (χ4v) is 3.69. The zero-order valence-corrected chi connectivity index (χ0v) is 16.7. The quantitative estimate of drug-likeness (QED) is 0.433. The molecule has 0 bridgehead atoms. The van der Waals surface area contributed by atoms with Gasteiger partial charge in [-0.3, -0.25) is 10.2 Å². The number of ether oxygens (including phenoxy) is 1. The summed E-state index contributed by atoms with van der Waals surface area (Å²) < 4.78 is 60.9. The predicted molar refractivity (Wildman–Crippen MR) is 105 cm³/mol. The molecule has 160 valence electrons. The minimum atomic E-state index is -1.11. The normalized spacial score (nSPS) is 17.7. The van der Waals surface area contributed by atoms with Gasteiger partial charge in [0, 0.05) is 30.0 Å². The van der Waals surface area contributed by atoms with E-state index in [1.54, 1.807) is 0 Å². The second-order valence-electron chi connectivity index (χ2n) is 6.85. The first-order valence-corrected chi connectivity index (χ1v) is 9.51. The Hall–Kier alpha value is -2.72. The van der Waals surface area contributed by atoms with Crippen LogP contribution in [0.5, 0.6) is 5.75 Å². The highest BCUT2D eigenvalue weighted by molar-refractivity contribution is 7.80. The van der Waals surface area contributed by atoms with Gasteiger partial charge in [-0.15, -0.1) is 0 Å². The van der Waals surface area contributed by atoms with Crippen molar-refractivity contribution in [2.45, 2.75) is 19.4 Å². The molecule has 2 aromatic rings. The molecule has 2 atom stereocenters. The number of carbonyl (C=O) groups excluding carboxylic acids is 1. The van der Waals surface area contributed by atoms with Gasteiger partial charge in [0.2, 0.25) is 5.91 Å². The van der Waals surface area contributed by atoms with Gasteiger partial charge in [-0.05, 0) is 37.2 Å². The summed E-state index contributed by atoms with van der Waals surface area (Å²) in [5.74, 6) is -4.54. The molecular weight excluding hydrogens is 422 g/mol. The first-order valence-electron chi connectivity index (χ1n) is 9.10. The Labute approximate surface area is 175 Å². The van der Waals surface area contributed by atoms with Gasteiger partial charge in [0.25, 0.3) is 0 Å². The second-order valence-corrected chi connectivity index (χ2v) is 7.26. The number of nitrogens with zero attached hydrogens (tertiary/aromatic N) is 1. The molecule has 0 aliphatic carbocycles. The second kappa shape index (κ2) is 8.97. The molecule has 0 saturated carbocycles. The number of hydrazine groups is 1. The largest absolute Gasteiger partial charge is 0.493 e. The van der Waals surface area contributed by atoms with Crippen molar-refractivity contribution in [3.63, 3.8) is 0 Å². The summed E-state index contributed by atoms with van der Waals surface area (Å²) in [6, 6.07) is 3.76. The molecule has 3 rings (SSSR count). The van der Waals surface area contributed by atoms with Crippen molar-refractivity contribution in [1.82, 2.24) is 10.4 Å². The molecule has 0 aromatic heterocycles. The van der Waals surface area contributed by atoms with Crippen LogP contribution in [-0.4, -0.2) is 29.1 Å². The lowest BCUT2D eigenvalue weighted by Gasteiger charge is -2.40. The zero-order valence-electron chi connectivity index (χ0n) is 15.9. The van der Waals surface area contributed by atoms with E-state index in [9.17, 15) is 22.4 Å². The van der Waals surface area contributed by atoms with Crippen molar-refractivity contribution >= 4 is 23.1 Å². The third-order valence-electron chi connectivity index (χ3n) is 4.82. The summed E-state index contributed by atoms with van der Waals surface area (Å²) in [7, 11) is 0. The first-order chi connectivity index (χ1) is 14.2. The molecule has 1 aliphatic rings. The third-order valence-corrected chi connectivity index (χ3v) is 5.13. The summed E-state index contributed by atoms with van der Waals surface area (Å²) in [5.41, 5.74) is 8.27. The van der Waals surface area contributed by atoms with E-state index in [2.05, 4.69) is 5.43 Å². The Morgan fingerprint density at radius 3 is 2.57 bits per heavy atom. The maximum absolute atomic E-state index is 14.1. The minimum Gasteiger partial charge on any atom is -0.493 e. The molecule has 0 radical (unpaired) electrons. The van der Waals surface area contributed by atoms with E-state index in [1.807, 2.05) is 0 Å². The molecule has 1 amide bonds. The average molecular weight is 441 g/mol. The van der Waals surface area contributed by atoms with Crippen molar-refractivity contribution in [2.75, 3.05) is 13.2 Å². The van der Waals surface area contributed by atoms with E-state index in [-0.39, 0.29) is 40.9 Å². The number of nitrogens with one attached hydrogen (secondary N) is 1. The molecular formula is C20H19F4N3O2S. The van der Waals surface area contributed by atoms with Gasteiger partial charge in [-0.2, -0.15) is 0 Å². The Morgan fingerprint density at radius 2 is 1.90 bits per heavy atom. The molecule has 1 heterocycles. The summed E-state index contributed by atoms with van der Waals surface area (Å²) in [6.07, 6.45) is 0.398. The molecule has 0 saturated heterocycles. The molecule has 5 nitrogen and oxygen atoms in total. The van der Waals surface area contributed by atoms with Crippen LogP contribution in [0.15, 0.2) is 30.3 Å². The maximum atomic E-state index is 14.1. The number of rotatable bonds is 4. The topological polar surface area (TPSA) is 67.6 Å². The van der Waals surface area contributed by atoms with Crippen molar-refractivity contribution in [3.8, 4) is 5.75 Å². The van der Waals surface area contributed by atoms with E-state index >= 15 is 0 Å². The van der Waals surface area contributed by atoms with Crippen LogP contribution in [-0.2, 0) is 4.79 Å². The van der Waals surface area contributed by atoms with Gasteiger partial charge < -0.3 is 10.5 Å². The molecule has 0 spiro atoms. The molecule has 2 aromatic carbocycles. The highest BCUT2D eigenvalue weighted by Gasteiger charge is 2.38. The Balaban J connectivity index is 2.02. The lowest BCUT2D eigenvalue weighted by atomic mass is 9.87. The fourth-order valence-electron chi connectivity index (χ4n) is 3.43. The molecule has 0 fully saturated rings. The Morgan fingerprint density at radius 1 is 1.20 bits per heavy atom. The number of hydrogen-bond donors (Lipinski definition) is 2. The minimum absolute atomic E-state index is 0.0723. The highest BCUT2D eigenvalue weighted by atomic mass is 32.1. The van der Waals surface area contributed by atoms with Crippen LogP contribution in [0.1, 0.15) is 30.5 Å². The van der Waals surface area contributed by atoms with Gasteiger partial charge in [-0.1, -0.05) is 12.2 Å². The Bertz CT molecular complexity index is 989.